The van der Waals surface area contributed by atoms with Gasteiger partial charge >= 0.3 is 0 Å². The maximum Gasteiger partial charge on any atom is 0.251 e. The Morgan fingerprint density at radius 1 is 1.16 bits per heavy atom. The van der Waals surface area contributed by atoms with Crippen molar-refractivity contribution >= 4 is 5.91 Å². The second-order valence-corrected chi connectivity index (χ2v) is 3.78. The lowest BCUT2D eigenvalue weighted by Crippen LogP contribution is -2.26. The molecule has 0 fully saturated rings. The molecule has 0 aliphatic rings. The van der Waals surface area contributed by atoms with E-state index in [4.69, 9.17) is 14.2 Å². The highest BCUT2D eigenvalue weighted by molar-refractivity contribution is 5.94. The van der Waals surface area contributed by atoms with Gasteiger partial charge in [-0.1, -0.05) is 0 Å². The van der Waals surface area contributed by atoms with E-state index >= 15 is 0 Å². The van der Waals surface area contributed by atoms with Gasteiger partial charge in [0.2, 0.25) is 0 Å². The lowest BCUT2D eigenvalue weighted by molar-refractivity contribution is 0.0936. The van der Waals surface area contributed by atoms with Gasteiger partial charge < -0.3 is 19.5 Å². The molecule has 1 amide bonds. The third-order valence-corrected chi connectivity index (χ3v) is 2.40. The zero-order valence-electron chi connectivity index (χ0n) is 11.7. The van der Waals surface area contributed by atoms with Crippen molar-refractivity contribution in [3.05, 3.63) is 23.8 Å². The summed E-state index contributed by atoms with van der Waals surface area (Å²) < 4.78 is 15.8. The highest BCUT2D eigenvalue weighted by atomic mass is 16.5. The molecule has 106 valence electrons. The Hall–Kier alpha value is -1.75. The van der Waals surface area contributed by atoms with E-state index in [1.165, 1.54) is 0 Å². The first-order valence-corrected chi connectivity index (χ1v) is 6.39. The Kier molecular flexibility index (Phi) is 6.74. The molecule has 0 aromatic heterocycles. The first-order chi connectivity index (χ1) is 9.22. The fourth-order valence-electron chi connectivity index (χ4n) is 1.56. The molecule has 0 saturated heterocycles. The molecular weight excluding hydrogens is 246 g/mol. The van der Waals surface area contributed by atoms with Crippen LogP contribution in [0.25, 0.3) is 0 Å². The van der Waals surface area contributed by atoms with Gasteiger partial charge in [-0.2, -0.15) is 0 Å². The van der Waals surface area contributed by atoms with Gasteiger partial charge in [-0.05, 0) is 32.0 Å². The average Bonchev–Trinajstić information content (AvgIpc) is 2.41. The second-order valence-electron chi connectivity index (χ2n) is 3.78. The molecule has 1 rings (SSSR count). The summed E-state index contributed by atoms with van der Waals surface area (Å²) in [6.07, 6.45) is 0. The Bertz CT molecular complexity index is 406. The van der Waals surface area contributed by atoms with E-state index in [0.717, 1.165) is 0 Å². The Morgan fingerprint density at radius 2 is 1.84 bits per heavy atom. The van der Waals surface area contributed by atoms with Crippen LogP contribution < -0.4 is 14.8 Å². The highest BCUT2D eigenvalue weighted by Gasteiger charge is 2.10. The number of nitrogens with one attached hydrogen (secondary N) is 1. The van der Waals surface area contributed by atoms with Gasteiger partial charge in [0, 0.05) is 19.2 Å². The van der Waals surface area contributed by atoms with Gasteiger partial charge in [0.1, 0.15) is 0 Å². The van der Waals surface area contributed by atoms with Crippen molar-refractivity contribution in [3.8, 4) is 11.5 Å². The largest absolute Gasteiger partial charge is 0.490 e. The summed E-state index contributed by atoms with van der Waals surface area (Å²) >= 11 is 0. The van der Waals surface area contributed by atoms with Crippen LogP contribution in [0.3, 0.4) is 0 Å². The number of carbonyl (C=O) groups excluding carboxylic acids is 1. The second kappa shape index (κ2) is 8.37. The summed E-state index contributed by atoms with van der Waals surface area (Å²) in [4.78, 5) is 11.9. The predicted molar refractivity (Wildman–Crippen MR) is 73.0 cm³/mol. The standard InChI is InChI=1S/C14H21NO4/c1-4-18-12-7-6-11(10-13(12)19-5-2)14(16)15-8-9-17-3/h6-7,10H,4-5,8-9H2,1-3H3,(H,15,16). The first-order valence-electron chi connectivity index (χ1n) is 6.39. The molecule has 5 heteroatoms. The quantitative estimate of drug-likeness (QED) is 0.730. The van der Waals surface area contributed by atoms with E-state index in [1.54, 1.807) is 25.3 Å². The smallest absolute Gasteiger partial charge is 0.251 e. The van der Waals surface area contributed by atoms with E-state index in [0.29, 0.717) is 43.4 Å². The Balaban J connectivity index is 2.78. The molecule has 1 aromatic rings. The molecule has 0 unspecified atom stereocenters. The molecule has 0 aliphatic heterocycles. The van der Waals surface area contributed by atoms with Crippen LogP contribution in [0, 0.1) is 0 Å². The van der Waals surface area contributed by atoms with Crippen LogP contribution in [0.15, 0.2) is 18.2 Å². The van der Waals surface area contributed by atoms with Crippen molar-refractivity contribution in [3.63, 3.8) is 0 Å². The van der Waals surface area contributed by atoms with Crippen LogP contribution in [0.1, 0.15) is 24.2 Å². The number of ether oxygens (including phenoxy) is 3. The molecule has 0 atom stereocenters. The molecule has 0 spiro atoms. The molecule has 0 saturated carbocycles. The number of rotatable bonds is 8. The van der Waals surface area contributed by atoms with E-state index < -0.39 is 0 Å². The first kappa shape index (κ1) is 15.3. The third-order valence-electron chi connectivity index (χ3n) is 2.40. The van der Waals surface area contributed by atoms with E-state index in [9.17, 15) is 4.79 Å². The van der Waals surface area contributed by atoms with Crippen LogP contribution >= 0.6 is 0 Å². The van der Waals surface area contributed by atoms with Crippen LogP contribution in [-0.2, 0) is 4.74 Å². The summed E-state index contributed by atoms with van der Waals surface area (Å²) in [7, 11) is 1.59. The van der Waals surface area contributed by atoms with Crippen LogP contribution in [-0.4, -0.2) is 39.4 Å². The number of hydrogen-bond acceptors (Lipinski definition) is 4. The van der Waals surface area contributed by atoms with Crippen molar-refractivity contribution in [1.29, 1.82) is 0 Å². The summed E-state index contributed by atoms with van der Waals surface area (Å²) in [6, 6.07) is 5.16. The lowest BCUT2D eigenvalue weighted by Gasteiger charge is -2.12. The molecule has 0 aliphatic carbocycles. The molecule has 0 heterocycles. The van der Waals surface area contributed by atoms with Gasteiger partial charge in [0.15, 0.2) is 11.5 Å². The van der Waals surface area contributed by atoms with Crippen molar-refractivity contribution in [2.75, 3.05) is 33.5 Å². The molecule has 0 bridgehead atoms. The molecule has 19 heavy (non-hydrogen) atoms. The minimum Gasteiger partial charge on any atom is -0.490 e. The zero-order chi connectivity index (χ0) is 14.1. The number of amides is 1. The fourth-order valence-corrected chi connectivity index (χ4v) is 1.56. The van der Waals surface area contributed by atoms with Crippen LogP contribution in [0.4, 0.5) is 0 Å². The highest BCUT2D eigenvalue weighted by Crippen LogP contribution is 2.28. The van der Waals surface area contributed by atoms with Gasteiger partial charge in [0.25, 0.3) is 5.91 Å². The van der Waals surface area contributed by atoms with Crippen molar-refractivity contribution in [1.82, 2.24) is 5.32 Å². The summed E-state index contributed by atoms with van der Waals surface area (Å²) in [5, 5.41) is 2.76. The minimum absolute atomic E-state index is 0.152. The van der Waals surface area contributed by atoms with Crippen molar-refractivity contribution < 1.29 is 19.0 Å². The zero-order valence-corrected chi connectivity index (χ0v) is 11.7. The predicted octanol–water partition coefficient (Wildman–Crippen LogP) is 1.86. The van der Waals surface area contributed by atoms with E-state index in [1.807, 2.05) is 13.8 Å². The number of hydrogen-bond donors (Lipinski definition) is 1. The van der Waals surface area contributed by atoms with E-state index in [-0.39, 0.29) is 5.91 Å². The summed E-state index contributed by atoms with van der Waals surface area (Å²) in [6.45, 7) is 5.84. The monoisotopic (exact) mass is 267 g/mol. The fraction of sp³-hybridized carbons (Fsp3) is 0.500. The summed E-state index contributed by atoms with van der Waals surface area (Å²) in [5.74, 6) is 1.09. The number of benzene rings is 1. The third kappa shape index (κ3) is 4.79. The maximum absolute atomic E-state index is 11.9. The number of methoxy groups -OCH3 is 1. The molecule has 1 N–H and O–H groups in total. The SMILES string of the molecule is CCOc1ccc(C(=O)NCCOC)cc1OCC. The Morgan fingerprint density at radius 3 is 2.47 bits per heavy atom. The molecule has 0 radical (unpaired) electrons. The van der Waals surface area contributed by atoms with Crippen molar-refractivity contribution in [2.45, 2.75) is 13.8 Å². The molecular formula is C14H21NO4. The minimum atomic E-state index is -0.152. The van der Waals surface area contributed by atoms with Crippen LogP contribution in [0.2, 0.25) is 0 Å². The van der Waals surface area contributed by atoms with Gasteiger partial charge in [-0.15, -0.1) is 0 Å². The molecule has 1 aromatic carbocycles. The molecule has 5 nitrogen and oxygen atoms in total. The van der Waals surface area contributed by atoms with Crippen molar-refractivity contribution in [2.24, 2.45) is 0 Å². The summed E-state index contributed by atoms with van der Waals surface area (Å²) in [5.41, 5.74) is 0.544. The Labute approximate surface area is 113 Å². The maximum atomic E-state index is 11.9. The topological polar surface area (TPSA) is 56.8 Å². The normalized spacial score (nSPS) is 10.1. The van der Waals surface area contributed by atoms with Gasteiger partial charge in [-0.3, -0.25) is 4.79 Å². The number of carbonyl (C=O) groups is 1. The lowest BCUT2D eigenvalue weighted by atomic mass is 10.2. The average molecular weight is 267 g/mol. The van der Waals surface area contributed by atoms with Crippen LogP contribution in [0.5, 0.6) is 11.5 Å². The van der Waals surface area contributed by atoms with E-state index in [2.05, 4.69) is 5.32 Å². The van der Waals surface area contributed by atoms with Gasteiger partial charge in [0.05, 0.1) is 19.8 Å². The van der Waals surface area contributed by atoms with Gasteiger partial charge in [-0.25, -0.2) is 0 Å².